The van der Waals surface area contributed by atoms with Crippen molar-refractivity contribution in [3.8, 4) is 0 Å². The molecule has 0 saturated heterocycles. The van der Waals surface area contributed by atoms with E-state index in [1.54, 1.807) is 6.20 Å². The Hall–Kier alpha value is -1.78. The first-order valence-electron chi connectivity index (χ1n) is 7.53. The van der Waals surface area contributed by atoms with Gasteiger partial charge in [0.1, 0.15) is 0 Å². The number of pyridine rings is 2. The van der Waals surface area contributed by atoms with Gasteiger partial charge >= 0.3 is 0 Å². The number of nitrogens with one attached hydrogen (secondary N) is 1. The van der Waals surface area contributed by atoms with E-state index in [-0.39, 0.29) is 6.10 Å². The lowest BCUT2D eigenvalue weighted by molar-refractivity contribution is 0.151. The van der Waals surface area contributed by atoms with Crippen molar-refractivity contribution in [2.45, 2.75) is 38.3 Å². The van der Waals surface area contributed by atoms with Gasteiger partial charge in [0.15, 0.2) is 0 Å². The van der Waals surface area contributed by atoms with Crippen molar-refractivity contribution in [2.24, 2.45) is 0 Å². The van der Waals surface area contributed by atoms with Gasteiger partial charge in [0, 0.05) is 24.6 Å². The van der Waals surface area contributed by atoms with E-state index in [2.05, 4.69) is 15.3 Å². The van der Waals surface area contributed by atoms with Crippen molar-refractivity contribution >= 4 is 0 Å². The fraction of sp³-hybridized carbons (Fsp3) is 0.412. The minimum atomic E-state index is -0.245. The molecular weight excluding hydrogens is 262 g/mol. The third-order valence-corrected chi connectivity index (χ3v) is 3.38. The van der Waals surface area contributed by atoms with Gasteiger partial charge < -0.3 is 10.4 Å². The maximum absolute atomic E-state index is 9.95. The summed E-state index contributed by atoms with van der Waals surface area (Å²) in [5.41, 5.74) is 2.13. The first-order valence-corrected chi connectivity index (χ1v) is 7.53. The zero-order valence-corrected chi connectivity index (χ0v) is 12.3. The Morgan fingerprint density at radius 3 is 2.33 bits per heavy atom. The van der Waals surface area contributed by atoms with Gasteiger partial charge in [-0.25, -0.2) is 0 Å². The Labute approximate surface area is 126 Å². The van der Waals surface area contributed by atoms with E-state index in [4.69, 9.17) is 0 Å². The molecule has 2 N–H and O–H groups in total. The van der Waals surface area contributed by atoms with Gasteiger partial charge in [0.2, 0.25) is 0 Å². The molecule has 0 amide bonds. The highest BCUT2D eigenvalue weighted by Crippen LogP contribution is 2.06. The second-order valence-corrected chi connectivity index (χ2v) is 5.15. The zero-order valence-electron chi connectivity index (χ0n) is 12.3. The minimum absolute atomic E-state index is 0.245. The SMILES string of the molecule is OC(CCCc1ccccn1)CCNCc1ccccn1. The molecule has 1 unspecified atom stereocenters. The number of rotatable bonds is 9. The standard InChI is InChI=1S/C17H23N3O/c21-17(9-5-8-15-6-1-3-11-19-15)10-13-18-14-16-7-2-4-12-20-16/h1-4,6-7,11-12,17-18,21H,5,8-10,13-14H2. The summed E-state index contributed by atoms with van der Waals surface area (Å²) in [6.07, 6.45) is 6.86. The molecule has 0 spiro atoms. The lowest BCUT2D eigenvalue weighted by Crippen LogP contribution is -2.20. The fourth-order valence-electron chi connectivity index (χ4n) is 2.20. The first-order chi connectivity index (χ1) is 10.3. The molecule has 4 heteroatoms. The lowest BCUT2D eigenvalue weighted by Gasteiger charge is -2.11. The Balaban J connectivity index is 1.52. The molecule has 0 aromatic carbocycles. The summed E-state index contributed by atoms with van der Waals surface area (Å²) in [6, 6.07) is 11.8. The second-order valence-electron chi connectivity index (χ2n) is 5.15. The van der Waals surface area contributed by atoms with Crippen LogP contribution in [0.15, 0.2) is 48.8 Å². The molecule has 112 valence electrons. The number of hydrogen-bond acceptors (Lipinski definition) is 4. The molecule has 0 aliphatic carbocycles. The van der Waals surface area contributed by atoms with Crippen LogP contribution in [0, 0.1) is 0 Å². The number of hydrogen-bond donors (Lipinski definition) is 2. The quantitative estimate of drug-likeness (QED) is 0.694. The molecule has 0 fully saturated rings. The molecule has 21 heavy (non-hydrogen) atoms. The Kier molecular flexibility index (Phi) is 6.84. The van der Waals surface area contributed by atoms with Gasteiger partial charge in [-0.3, -0.25) is 9.97 Å². The van der Waals surface area contributed by atoms with E-state index in [0.717, 1.165) is 50.2 Å². The van der Waals surface area contributed by atoms with E-state index in [0.29, 0.717) is 0 Å². The molecular formula is C17H23N3O. The number of nitrogens with zero attached hydrogens (tertiary/aromatic N) is 2. The molecule has 0 bridgehead atoms. The molecule has 0 aliphatic heterocycles. The smallest absolute Gasteiger partial charge is 0.0552 e. The Morgan fingerprint density at radius 1 is 0.952 bits per heavy atom. The van der Waals surface area contributed by atoms with E-state index < -0.39 is 0 Å². The van der Waals surface area contributed by atoms with Gasteiger partial charge in [-0.05, 0) is 56.5 Å². The summed E-state index contributed by atoms with van der Waals surface area (Å²) >= 11 is 0. The summed E-state index contributed by atoms with van der Waals surface area (Å²) in [7, 11) is 0. The molecule has 2 aromatic rings. The van der Waals surface area contributed by atoms with Crippen LogP contribution >= 0.6 is 0 Å². The normalized spacial score (nSPS) is 12.2. The van der Waals surface area contributed by atoms with Crippen LogP contribution in [0.2, 0.25) is 0 Å². The van der Waals surface area contributed by atoms with E-state index in [1.165, 1.54) is 0 Å². The van der Waals surface area contributed by atoms with Crippen molar-refractivity contribution in [3.05, 3.63) is 60.2 Å². The summed E-state index contributed by atoms with van der Waals surface area (Å²) in [4.78, 5) is 8.53. The highest BCUT2D eigenvalue weighted by atomic mass is 16.3. The Morgan fingerprint density at radius 2 is 1.67 bits per heavy atom. The summed E-state index contributed by atoms with van der Waals surface area (Å²) in [5, 5.41) is 13.3. The largest absolute Gasteiger partial charge is 0.393 e. The average Bonchev–Trinajstić information content (AvgIpc) is 2.54. The van der Waals surface area contributed by atoms with E-state index >= 15 is 0 Å². The van der Waals surface area contributed by atoms with Gasteiger partial charge in [-0.15, -0.1) is 0 Å². The topological polar surface area (TPSA) is 58.0 Å². The average molecular weight is 285 g/mol. The van der Waals surface area contributed by atoms with Gasteiger partial charge in [-0.1, -0.05) is 12.1 Å². The van der Waals surface area contributed by atoms with Gasteiger partial charge in [0.05, 0.1) is 11.8 Å². The van der Waals surface area contributed by atoms with Crippen molar-refractivity contribution < 1.29 is 5.11 Å². The zero-order chi connectivity index (χ0) is 14.8. The lowest BCUT2D eigenvalue weighted by atomic mass is 10.1. The van der Waals surface area contributed by atoms with Crippen molar-refractivity contribution in [1.82, 2.24) is 15.3 Å². The molecule has 0 saturated carbocycles. The monoisotopic (exact) mass is 285 g/mol. The molecule has 1 atom stereocenters. The third-order valence-electron chi connectivity index (χ3n) is 3.38. The summed E-state index contributed by atoms with van der Waals surface area (Å²) < 4.78 is 0. The number of aliphatic hydroxyl groups excluding tert-OH is 1. The van der Waals surface area contributed by atoms with Crippen LogP contribution < -0.4 is 5.32 Å². The number of aliphatic hydroxyl groups is 1. The van der Waals surface area contributed by atoms with Crippen molar-refractivity contribution in [2.75, 3.05) is 6.54 Å². The predicted octanol–water partition coefficient (Wildman–Crippen LogP) is 2.34. The maximum Gasteiger partial charge on any atom is 0.0552 e. The van der Waals surface area contributed by atoms with Crippen LogP contribution in [-0.4, -0.2) is 27.7 Å². The Bertz CT molecular complexity index is 490. The molecule has 2 heterocycles. The van der Waals surface area contributed by atoms with E-state index in [9.17, 15) is 5.11 Å². The maximum atomic E-state index is 9.95. The molecule has 2 rings (SSSR count). The minimum Gasteiger partial charge on any atom is -0.393 e. The molecule has 0 aliphatic rings. The van der Waals surface area contributed by atoms with Crippen LogP contribution in [0.4, 0.5) is 0 Å². The van der Waals surface area contributed by atoms with Crippen molar-refractivity contribution in [3.63, 3.8) is 0 Å². The second kappa shape index (κ2) is 9.21. The molecule has 4 nitrogen and oxygen atoms in total. The van der Waals surface area contributed by atoms with Gasteiger partial charge in [0.25, 0.3) is 0 Å². The van der Waals surface area contributed by atoms with E-state index in [1.807, 2.05) is 42.6 Å². The predicted molar refractivity (Wildman–Crippen MR) is 83.7 cm³/mol. The molecule has 2 aromatic heterocycles. The fourth-order valence-corrected chi connectivity index (χ4v) is 2.20. The number of aryl methyl sites for hydroxylation is 1. The molecule has 0 radical (unpaired) electrons. The van der Waals surface area contributed by atoms with Crippen LogP contribution in [0.1, 0.15) is 30.7 Å². The van der Waals surface area contributed by atoms with Crippen LogP contribution in [0.25, 0.3) is 0 Å². The van der Waals surface area contributed by atoms with Gasteiger partial charge in [-0.2, -0.15) is 0 Å². The summed E-state index contributed by atoms with van der Waals surface area (Å²) in [6.45, 7) is 1.56. The summed E-state index contributed by atoms with van der Waals surface area (Å²) in [5.74, 6) is 0. The van der Waals surface area contributed by atoms with Crippen LogP contribution in [-0.2, 0) is 13.0 Å². The highest BCUT2D eigenvalue weighted by molar-refractivity contribution is 5.03. The van der Waals surface area contributed by atoms with Crippen LogP contribution in [0.5, 0.6) is 0 Å². The highest BCUT2D eigenvalue weighted by Gasteiger charge is 2.04. The van der Waals surface area contributed by atoms with Crippen molar-refractivity contribution in [1.29, 1.82) is 0 Å². The third kappa shape index (κ3) is 6.47. The number of aromatic nitrogens is 2. The first kappa shape index (κ1) is 15.6. The van der Waals surface area contributed by atoms with Crippen LogP contribution in [0.3, 0.4) is 0 Å².